The average Bonchev–Trinajstić information content (AvgIpc) is 2.80. The van der Waals surface area contributed by atoms with E-state index in [1.165, 1.54) is 0 Å². The fourth-order valence-electron chi connectivity index (χ4n) is 1.07. The Labute approximate surface area is 86.8 Å². The van der Waals surface area contributed by atoms with Crippen molar-refractivity contribution in [3.63, 3.8) is 0 Å². The summed E-state index contributed by atoms with van der Waals surface area (Å²) in [6.45, 7) is 0.733. The molecule has 0 unspecified atom stereocenters. The van der Waals surface area contributed by atoms with E-state index in [0.29, 0.717) is 0 Å². The number of para-hydroxylation sites is 1. The highest BCUT2D eigenvalue weighted by atomic mass is 16.5. The zero-order valence-corrected chi connectivity index (χ0v) is 8.04. The van der Waals surface area contributed by atoms with Crippen LogP contribution in [0.2, 0.25) is 0 Å². The molecular weight excluding hydrogens is 192 g/mol. The van der Waals surface area contributed by atoms with Crippen molar-refractivity contribution in [2.24, 2.45) is 0 Å². The van der Waals surface area contributed by atoms with Gasteiger partial charge < -0.3 is 9.26 Å². The van der Waals surface area contributed by atoms with E-state index in [1.807, 2.05) is 42.5 Å². The summed E-state index contributed by atoms with van der Waals surface area (Å²) < 4.78 is 9.56. The first-order valence-electron chi connectivity index (χ1n) is 4.57. The third kappa shape index (κ3) is 2.67. The van der Waals surface area contributed by atoms with Crippen molar-refractivity contribution in [3.05, 3.63) is 48.8 Å². The molecule has 0 bridgehead atoms. The van der Waals surface area contributed by atoms with Crippen LogP contribution in [0.1, 0.15) is 0 Å². The molecule has 0 spiro atoms. The van der Waals surface area contributed by atoms with Gasteiger partial charge >= 0.3 is 0 Å². The van der Waals surface area contributed by atoms with Gasteiger partial charge in [-0.2, -0.15) is 0 Å². The molecule has 0 amide bonds. The molecule has 1 aromatic heterocycles. The topological polar surface area (TPSA) is 48.2 Å². The molecule has 1 aliphatic rings. The van der Waals surface area contributed by atoms with Crippen LogP contribution in [0.25, 0.3) is 11.1 Å². The van der Waals surface area contributed by atoms with Crippen molar-refractivity contribution in [2.45, 2.75) is 0 Å². The highest BCUT2D eigenvalue weighted by molar-refractivity contribution is 5.70. The summed E-state index contributed by atoms with van der Waals surface area (Å²) in [6, 6.07) is 7.46. The lowest BCUT2D eigenvalue weighted by Gasteiger charge is -1.94. The number of fused-ring (bicyclic) bond motifs is 1. The number of hydrogen-bond acceptors (Lipinski definition) is 4. The summed E-state index contributed by atoms with van der Waals surface area (Å²) in [4.78, 5) is 0. The first kappa shape index (κ1) is 9.45. The monoisotopic (exact) mass is 202 g/mol. The summed E-state index contributed by atoms with van der Waals surface area (Å²) in [7, 11) is 0. The zero-order valence-electron chi connectivity index (χ0n) is 8.04. The molecule has 1 aliphatic heterocycles. The van der Waals surface area contributed by atoms with Gasteiger partial charge in [0.25, 0.3) is 0 Å². The highest BCUT2D eigenvalue weighted by Crippen LogP contribution is 2.06. The van der Waals surface area contributed by atoms with Crippen LogP contribution < -0.4 is 0 Å². The van der Waals surface area contributed by atoms with Crippen LogP contribution in [0.5, 0.6) is 0 Å². The Morgan fingerprint density at radius 3 is 2.67 bits per heavy atom. The molecule has 0 aliphatic carbocycles. The number of hydrogen-bond donors (Lipinski definition) is 0. The standard InChI is InChI=1S/C6H4N2O.C5H6O/c1-2-4-6-5(3-1)7-8-9-6;1-2-4-6-5-3-1/h1-4H;1-4H,5H2. The third-order valence-electron chi connectivity index (χ3n) is 1.77. The van der Waals surface area contributed by atoms with Crippen LogP contribution in [-0.4, -0.2) is 17.0 Å². The van der Waals surface area contributed by atoms with Gasteiger partial charge in [0.1, 0.15) is 12.1 Å². The lowest BCUT2D eigenvalue weighted by molar-refractivity contribution is 0.286. The van der Waals surface area contributed by atoms with E-state index in [9.17, 15) is 0 Å². The molecule has 2 aromatic rings. The molecule has 0 atom stereocenters. The third-order valence-corrected chi connectivity index (χ3v) is 1.77. The minimum Gasteiger partial charge on any atom is -0.497 e. The molecule has 1 aromatic carbocycles. The molecule has 0 radical (unpaired) electrons. The smallest absolute Gasteiger partial charge is 0.187 e. The van der Waals surface area contributed by atoms with Gasteiger partial charge in [-0.15, -0.1) is 5.10 Å². The van der Waals surface area contributed by atoms with E-state index < -0.39 is 0 Å². The molecule has 3 rings (SSSR count). The van der Waals surface area contributed by atoms with Gasteiger partial charge in [0, 0.05) is 5.27 Å². The van der Waals surface area contributed by atoms with Crippen molar-refractivity contribution in [1.29, 1.82) is 0 Å². The Morgan fingerprint density at radius 1 is 1.13 bits per heavy atom. The maximum atomic E-state index is 4.80. The Balaban J connectivity index is 0.000000124. The van der Waals surface area contributed by atoms with Gasteiger partial charge in [0.05, 0.1) is 6.26 Å². The maximum Gasteiger partial charge on any atom is 0.187 e. The molecule has 76 valence electrons. The summed E-state index contributed by atoms with van der Waals surface area (Å²) in [5.41, 5.74) is 1.54. The van der Waals surface area contributed by atoms with Gasteiger partial charge in [-0.1, -0.05) is 18.2 Å². The largest absolute Gasteiger partial charge is 0.497 e. The fourth-order valence-corrected chi connectivity index (χ4v) is 1.07. The number of benzene rings is 1. The van der Waals surface area contributed by atoms with Crippen molar-refractivity contribution in [2.75, 3.05) is 6.61 Å². The Hall–Kier alpha value is -2.10. The van der Waals surface area contributed by atoms with E-state index in [4.69, 9.17) is 9.26 Å². The van der Waals surface area contributed by atoms with E-state index in [0.717, 1.165) is 17.7 Å². The predicted molar refractivity (Wildman–Crippen MR) is 56.0 cm³/mol. The Bertz CT molecular complexity index is 432. The molecule has 2 heterocycles. The average molecular weight is 202 g/mol. The lowest BCUT2D eigenvalue weighted by atomic mass is 10.3. The molecule has 0 saturated carbocycles. The normalized spacial score (nSPS) is 13.1. The van der Waals surface area contributed by atoms with E-state index in [1.54, 1.807) is 6.26 Å². The zero-order chi connectivity index (χ0) is 10.3. The summed E-state index contributed by atoms with van der Waals surface area (Å²) >= 11 is 0. The van der Waals surface area contributed by atoms with Crippen LogP contribution in [0, 0.1) is 0 Å². The quantitative estimate of drug-likeness (QED) is 0.657. The highest BCUT2D eigenvalue weighted by Gasteiger charge is 1.93. The second-order valence-corrected chi connectivity index (χ2v) is 2.83. The van der Waals surface area contributed by atoms with Crippen molar-refractivity contribution in [1.82, 2.24) is 10.4 Å². The summed E-state index contributed by atoms with van der Waals surface area (Å²) in [6.07, 6.45) is 7.47. The predicted octanol–water partition coefficient (Wildman–Crippen LogP) is 2.31. The van der Waals surface area contributed by atoms with Crippen LogP contribution in [0.3, 0.4) is 0 Å². The number of nitrogens with zero attached hydrogens (tertiary/aromatic N) is 2. The van der Waals surface area contributed by atoms with Crippen LogP contribution >= 0.6 is 0 Å². The number of rotatable bonds is 0. The van der Waals surface area contributed by atoms with Gasteiger partial charge in [-0.05, 0) is 24.3 Å². The molecule has 0 N–H and O–H groups in total. The first-order chi connectivity index (χ1) is 7.47. The molecule has 4 heteroatoms. The molecule has 4 nitrogen and oxygen atoms in total. The van der Waals surface area contributed by atoms with Crippen molar-refractivity contribution in [3.8, 4) is 0 Å². The van der Waals surface area contributed by atoms with Crippen LogP contribution in [0.15, 0.2) is 53.3 Å². The molecule has 0 saturated heterocycles. The minimum atomic E-state index is 0.733. The number of aromatic nitrogens is 2. The number of allylic oxidation sites excluding steroid dienone is 2. The molecule has 15 heavy (non-hydrogen) atoms. The van der Waals surface area contributed by atoms with E-state index in [2.05, 4.69) is 10.4 Å². The maximum absolute atomic E-state index is 4.80. The minimum absolute atomic E-state index is 0.733. The van der Waals surface area contributed by atoms with Gasteiger partial charge in [-0.3, -0.25) is 0 Å². The van der Waals surface area contributed by atoms with Gasteiger partial charge in [0.15, 0.2) is 5.58 Å². The van der Waals surface area contributed by atoms with Gasteiger partial charge in [-0.25, -0.2) is 0 Å². The Morgan fingerprint density at radius 2 is 2.07 bits per heavy atom. The van der Waals surface area contributed by atoms with Gasteiger partial charge in [0.2, 0.25) is 0 Å². The van der Waals surface area contributed by atoms with Crippen molar-refractivity contribution < 1.29 is 9.26 Å². The van der Waals surface area contributed by atoms with Crippen LogP contribution in [0.4, 0.5) is 0 Å². The summed E-state index contributed by atoms with van der Waals surface area (Å²) in [5.74, 6) is 0. The molecular formula is C11H10N2O2. The fraction of sp³-hybridized carbons (Fsp3) is 0.0909. The van der Waals surface area contributed by atoms with E-state index in [-0.39, 0.29) is 0 Å². The second-order valence-electron chi connectivity index (χ2n) is 2.83. The number of ether oxygens (including phenoxy) is 1. The summed E-state index contributed by atoms with van der Waals surface area (Å²) in [5, 5.41) is 7.08. The van der Waals surface area contributed by atoms with E-state index >= 15 is 0 Å². The SMILES string of the molecule is C1=CCOC=C1.c1ccc2onnc2c1. The first-order valence-corrected chi connectivity index (χ1v) is 4.57. The lowest BCUT2D eigenvalue weighted by Crippen LogP contribution is -1.82. The van der Waals surface area contributed by atoms with Crippen LogP contribution in [-0.2, 0) is 4.74 Å². The van der Waals surface area contributed by atoms with Crippen molar-refractivity contribution >= 4 is 11.1 Å². The molecule has 0 fully saturated rings. The Kier molecular flexibility index (Phi) is 3.12. The second kappa shape index (κ2) is 4.95.